The fourth-order valence-corrected chi connectivity index (χ4v) is 5.02. The minimum absolute atomic E-state index is 0.104. The van der Waals surface area contributed by atoms with E-state index < -0.39 is 11.7 Å². The van der Waals surface area contributed by atoms with Gasteiger partial charge in [-0.1, -0.05) is 25.1 Å². The minimum atomic E-state index is -4.36. The van der Waals surface area contributed by atoms with Crippen molar-refractivity contribution in [3.63, 3.8) is 0 Å². The van der Waals surface area contributed by atoms with Crippen LogP contribution in [-0.2, 0) is 12.7 Å². The molecule has 6 nitrogen and oxygen atoms in total. The smallest absolute Gasteiger partial charge is 0.322 e. The molecule has 1 amide bonds. The Hall–Kier alpha value is -2.68. The monoisotopic (exact) mass is 448 g/mol. The third kappa shape index (κ3) is 4.44. The summed E-state index contributed by atoms with van der Waals surface area (Å²) in [4.78, 5) is 28.3. The lowest BCUT2D eigenvalue weighted by molar-refractivity contribution is -0.138. The molecule has 2 aliphatic rings. The molecule has 2 fully saturated rings. The van der Waals surface area contributed by atoms with Crippen molar-refractivity contribution < 1.29 is 22.8 Å². The topological polar surface area (TPSA) is 58.4 Å². The van der Waals surface area contributed by atoms with Crippen LogP contribution in [-0.4, -0.2) is 57.6 Å². The van der Waals surface area contributed by atoms with Gasteiger partial charge in [-0.3, -0.25) is 9.69 Å². The Morgan fingerprint density at radius 1 is 1.12 bits per heavy atom. The van der Waals surface area contributed by atoms with E-state index in [1.165, 1.54) is 23.0 Å². The first-order valence-corrected chi connectivity index (χ1v) is 10.9. The van der Waals surface area contributed by atoms with E-state index in [2.05, 4.69) is 5.10 Å². The average molecular weight is 448 g/mol. The van der Waals surface area contributed by atoms with Gasteiger partial charge in [-0.05, 0) is 49.4 Å². The largest absolute Gasteiger partial charge is 0.416 e. The molecule has 9 heteroatoms. The zero-order valence-electron chi connectivity index (χ0n) is 18.2. The number of aromatic nitrogens is 2. The lowest BCUT2D eigenvalue weighted by Crippen LogP contribution is -2.36. The Kier molecular flexibility index (Phi) is 6.11. The Labute approximate surface area is 185 Å². The van der Waals surface area contributed by atoms with Gasteiger partial charge in [-0.25, -0.2) is 4.79 Å². The van der Waals surface area contributed by atoms with E-state index in [9.17, 15) is 22.8 Å². The highest BCUT2D eigenvalue weighted by Crippen LogP contribution is 2.41. The third-order valence-corrected chi connectivity index (χ3v) is 6.75. The first-order valence-electron chi connectivity index (χ1n) is 10.9. The Morgan fingerprint density at radius 3 is 2.41 bits per heavy atom. The summed E-state index contributed by atoms with van der Waals surface area (Å²) in [6.07, 6.45) is -0.816. The fraction of sp³-hybridized carbons (Fsp3) is 0.522. The summed E-state index contributed by atoms with van der Waals surface area (Å²) in [5.41, 5.74) is -0.00416. The molecule has 0 radical (unpaired) electrons. The highest BCUT2D eigenvalue weighted by molar-refractivity contribution is 5.94. The number of hydrogen-bond donors (Lipinski definition) is 0. The van der Waals surface area contributed by atoms with Crippen molar-refractivity contribution in [2.24, 2.45) is 11.8 Å². The number of alkyl halides is 3. The van der Waals surface area contributed by atoms with Crippen LogP contribution in [0.5, 0.6) is 0 Å². The summed E-state index contributed by atoms with van der Waals surface area (Å²) in [6, 6.07) is 7.23. The van der Waals surface area contributed by atoms with Gasteiger partial charge < -0.3 is 4.90 Å². The van der Waals surface area contributed by atoms with Crippen molar-refractivity contribution in [3.05, 3.63) is 53.3 Å². The number of likely N-dealkylation sites (tertiary alicyclic amines) is 1. The summed E-state index contributed by atoms with van der Waals surface area (Å²) in [7, 11) is 1.87. The zero-order valence-corrected chi connectivity index (χ0v) is 18.2. The van der Waals surface area contributed by atoms with Crippen LogP contribution in [0.1, 0.15) is 47.8 Å². The first-order chi connectivity index (χ1) is 15.2. The minimum Gasteiger partial charge on any atom is -0.322 e. The molecular formula is C23H27F3N4O2. The van der Waals surface area contributed by atoms with Crippen molar-refractivity contribution >= 4 is 11.8 Å². The van der Waals surface area contributed by atoms with Crippen molar-refractivity contribution in [2.75, 3.05) is 20.1 Å². The maximum Gasteiger partial charge on any atom is 0.416 e. The molecule has 1 saturated carbocycles. The van der Waals surface area contributed by atoms with Crippen LogP contribution in [0.25, 0.3) is 0 Å². The van der Waals surface area contributed by atoms with E-state index in [1.54, 1.807) is 24.0 Å². The van der Waals surface area contributed by atoms with Gasteiger partial charge in [-0.2, -0.15) is 23.0 Å². The number of Topliss-reactive ketones (excluding diaryl/α,β-unsaturated/α-hetero) is 1. The van der Waals surface area contributed by atoms with Crippen LogP contribution in [0, 0.1) is 11.8 Å². The number of ketones is 1. The number of nitrogens with zero attached hydrogens (tertiary/aromatic N) is 4. The van der Waals surface area contributed by atoms with Gasteiger partial charge >= 0.3 is 12.2 Å². The van der Waals surface area contributed by atoms with Gasteiger partial charge in [0, 0.05) is 38.3 Å². The predicted octanol–water partition coefficient (Wildman–Crippen LogP) is 4.31. The molecular weight excluding hydrogens is 421 g/mol. The summed E-state index contributed by atoms with van der Waals surface area (Å²) in [5.74, 6) is 0.529. The number of hydrogen-bond acceptors (Lipinski definition) is 4. The second-order valence-electron chi connectivity index (χ2n) is 8.83. The number of amides is 1. The molecule has 0 spiro atoms. The maximum absolute atomic E-state index is 13.3. The Bertz CT molecular complexity index is 989. The van der Waals surface area contributed by atoms with E-state index >= 15 is 0 Å². The van der Waals surface area contributed by atoms with Crippen molar-refractivity contribution in [1.29, 1.82) is 0 Å². The molecule has 1 aliphatic carbocycles. The Balaban J connectivity index is 1.35. The van der Waals surface area contributed by atoms with E-state index in [-0.39, 0.29) is 30.0 Å². The molecule has 2 heterocycles. The number of rotatable bonds is 5. The SMILES string of the molecule is CCC(=O)c1ccn(C(=O)N2C[C@H]3C[C@@H](N(C)Cc4ccccc4C(F)(F)F)C[C@H]3C2)n1. The molecule has 0 unspecified atom stereocenters. The highest BCUT2D eigenvalue weighted by atomic mass is 19.4. The molecule has 1 aliphatic heterocycles. The summed E-state index contributed by atoms with van der Waals surface area (Å²) < 4.78 is 41.1. The van der Waals surface area contributed by atoms with E-state index in [4.69, 9.17) is 0 Å². The van der Waals surface area contributed by atoms with Gasteiger partial charge in [0.15, 0.2) is 5.78 Å². The Morgan fingerprint density at radius 2 is 1.78 bits per heavy atom. The van der Waals surface area contributed by atoms with Gasteiger partial charge in [0.25, 0.3) is 0 Å². The average Bonchev–Trinajstić information content (AvgIpc) is 3.47. The molecule has 1 aromatic carbocycles. The molecule has 172 valence electrons. The molecule has 3 atom stereocenters. The van der Waals surface area contributed by atoms with Gasteiger partial charge in [0.2, 0.25) is 0 Å². The number of fused-ring (bicyclic) bond motifs is 1. The number of benzene rings is 1. The summed E-state index contributed by atoms with van der Waals surface area (Å²) in [6.45, 7) is 3.19. The number of halogens is 3. The van der Waals surface area contributed by atoms with Crippen molar-refractivity contribution in [2.45, 2.75) is 44.9 Å². The highest BCUT2D eigenvalue weighted by Gasteiger charge is 2.44. The van der Waals surface area contributed by atoms with Crippen LogP contribution in [0.2, 0.25) is 0 Å². The van der Waals surface area contributed by atoms with E-state index in [0.29, 0.717) is 37.0 Å². The lowest BCUT2D eigenvalue weighted by Gasteiger charge is -2.27. The van der Waals surface area contributed by atoms with Crippen LogP contribution in [0.4, 0.5) is 18.0 Å². The number of carbonyl (C=O) groups excluding carboxylic acids is 2. The molecule has 32 heavy (non-hydrogen) atoms. The van der Waals surface area contributed by atoms with Crippen LogP contribution in [0.15, 0.2) is 36.5 Å². The van der Waals surface area contributed by atoms with E-state index in [1.807, 2.05) is 11.9 Å². The second-order valence-corrected chi connectivity index (χ2v) is 8.83. The second kappa shape index (κ2) is 8.69. The van der Waals surface area contributed by atoms with Crippen molar-refractivity contribution in [3.8, 4) is 0 Å². The predicted molar refractivity (Wildman–Crippen MR) is 112 cm³/mol. The van der Waals surface area contributed by atoms with Gasteiger partial charge in [-0.15, -0.1) is 0 Å². The summed E-state index contributed by atoms with van der Waals surface area (Å²) in [5, 5.41) is 4.11. The molecule has 1 saturated heterocycles. The quantitative estimate of drug-likeness (QED) is 0.640. The van der Waals surface area contributed by atoms with Crippen LogP contribution < -0.4 is 0 Å². The third-order valence-electron chi connectivity index (χ3n) is 6.75. The lowest BCUT2D eigenvalue weighted by atomic mass is 10.0. The summed E-state index contributed by atoms with van der Waals surface area (Å²) >= 11 is 0. The van der Waals surface area contributed by atoms with Crippen LogP contribution >= 0.6 is 0 Å². The van der Waals surface area contributed by atoms with Gasteiger partial charge in [0.05, 0.1) is 5.56 Å². The molecule has 4 rings (SSSR count). The van der Waals surface area contributed by atoms with Crippen molar-refractivity contribution in [1.82, 2.24) is 19.6 Å². The molecule has 2 aromatic rings. The zero-order chi connectivity index (χ0) is 23.0. The fourth-order valence-electron chi connectivity index (χ4n) is 5.02. The van der Waals surface area contributed by atoms with Gasteiger partial charge in [0.1, 0.15) is 5.69 Å². The molecule has 0 bridgehead atoms. The standard InChI is InChI=1S/C23H27F3N4O2/c1-3-21(31)20-8-9-30(27-20)22(32)29-13-16-10-18(11-17(16)14-29)28(2)12-15-6-4-5-7-19(15)23(24,25)26/h4-9,16-18H,3,10-14H2,1-2H3/t16-,17+,18-. The molecule has 1 aromatic heterocycles. The normalized spacial score (nSPS) is 23.1. The number of carbonyl (C=O) groups is 2. The molecule has 0 N–H and O–H groups in total. The first kappa shape index (κ1) is 22.5. The maximum atomic E-state index is 13.3. The van der Waals surface area contributed by atoms with E-state index in [0.717, 1.165) is 18.9 Å². The van der Waals surface area contributed by atoms with Crippen LogP contribution in [0.3, 0.4) is 0 Å².